The first-order chi connectivity index (χ1) is 6.75. The van der Waals surface area contributed by atoms with Crippen LogP contribution in [0.15, 0.2) is 18.2 Å². The summed E-state index contributed by atoms with van der Waals surface area (Å²) in [5.41, 5.74) is 4.26. The molecule has 0 fully saturated rings. The molecule has 0 N–H and O–H groups in total. The summed E-state index contributed by atoms with van der Waals surface area (Å²) in [6.45, 7) is 6.64. The van der Waals surface area contributed by atoms with Crippen molar-refractivity contribution in [3.8, 4) is 0 Å². The van der Waals surface area contributed by atoms with E-state index >= 15 is 0 Å². The maximum absolute atomic E-state index is 2.39. The van der Waals surface area contributed by atoms with Crippen LogP contribution in [-0.2, 0) is 0 Å². The zero-order valence-electron chi connectivity index (χ0n) is 9.64. The molecule has 0 nitrogen and oxygen atoms in total. The maximum atomic E-state index is 2.39. The molecule has 0 atom stereocenters. The quantitative estimate of drug-likeness (QED) is 0.601. The first-order valence-corrected chi connectivity index (χ1v) is 5.65. The largest absolute Gasteiger partial charge is 0.0654 e. The van der Waals surface area contributed by atoms with Crippen molar-refractivity contribution in [1.29, 1.82) is 0 Å². The Morgan fingerprint density at radius 1 is 1.07 bits per heavy atom. The second-order valence-corrected chi connectivity index (χ2v) is 4.01. The van der Waals surface area contributed by atoms with Gasteiger partial charge in [-0.2, -0.15) is 0 Å². The highest BCUT2D eigenvalue weighted by Gasteiger charge is 2.01. The molecule has 0 spiro atoms. The van der Waals surface area contributed by atoms with Gasteiger partial charge in [-0.25, -0.2) is 0 Å². The number of benzene rings is 1. The van der Waals surface area contributed by atoms with Crippen molar-refractivity contribution in [2.24, 2.45) is 0 Å². The van der Waals surface area contributed by atoms with Gasteiger partial charge in [-0.05, 0) is 43.4 Å². The molecule has 0 heterocycles. The number of aryl methyl sites for hydroxylation is 2. The third kappa shape index (κ3) is 3.17. The van der Waals surface area contributed by atoms with Crippen molar-refractivity contribution in [3.63, 3.8) is 0 Å². The summed E-state index contributed by atoms with van der Waals surface area (Å²) in [5.74, 6) is 0. The molecule has 0 bridgehead atoms. The van der Waals surface area contributed by atoms with Gasteiger partial charge in [0.15, 0.2) is 0 Å². The van der Waals surface area contributed by atoms with Crippen molar-refractivity contribution < 1.29 is 0 Å². The van der Waals surface area contributed by atoms with E-state index in [2.05, 4.69) is 45.4 Å². The SMILES string of the molecule is CCCCC[CH]c1c(C)cccc1C. The molecule has 1 aromatic rings. The minimum Gasteiger partial charge on any atom is -0.0654 e. The van der Waals surface area contributed by atoms with Gasteiger partial charge in [0.25, 0.3) is 0 Å². The predicted molar refractivity (Wildman–Crippen MR) is 63.5 cm³/mol. The third-order valence-electron chi connectivity index (χ3n) is 2.70. The summed E-state index contributed by atoms with van der Waals surface area (Å²) in [6, 6.07) is 6.52. The normalized spacial score (nSPS) is 10.5. The smallest absolute Gasteiger partial charge is 0.00876 e. The second-order valence-electron chi connectivity index (χ2n) is 4.01. The van der Waals surface area contributed by atoms with Crippen LogP contribution in [0.2, 0.25) is 0 Å². The lowest BCUT2D eigenvalue weighted by atomic mass is 9.97. The average molecular weight is 189 g/mol. The highest BCUT2D eigenvalue weighted by molar-refractivity contribution is 5.38. The molecule has 14 heavy (non-hydrogen) atoms. The topological polar surface area (TPSA) is 0 Å². The lowest BCUT2D eigenvalue weighted by molar-refractivity contribution is 0.714. The molecule has 1 rings (SSSR count). The Kier molecular flexibility index (Phi) is 4.72. The van der Waals surface area contributed by atoms with Crippen LogP contribution in [0.25, 0.3) is 0 Å². The van der Waals surface area contributed by atoms with Crippen molar-refractivity contribution >= 4 is 0 Å². The standard InChI is InChI=1S/C14H21/c1-4-5-6-7-11-14-12(2)9-8-10-13(14)3/h8-11H,4-7H2,1-3H3. The molecule has 0 amide bonds. The molecule has 0 aliphatic rings. The predicted octanol–water partition coefficient (Wildman–Crippen LogP) is 4.44. The van der Waals surface area contributed by atoms with E-state index in [0.29, 0.717) is 0 Å². The van der Waals surface area contributed by atoms with Crippen molar-refractivity contribution in [2.75, 3.05) is 0 Å². The second kappa shape index (κ2) is 5.85. The zero-order chi connectivity index (χ0) is 10.4. The fraction of sp³-hybridized carbons (Fsp3) is 0.500. The van der Waals surface area contributed by atoms with Crippen LogP contribution in [0.1, 0.15) is 49.3 Å². The highest BCUT2D eigenvalue weighted by Crippen LogP contribution is 2.18. The van der Waals surface area contributed by atoms with E-state index in [1.54, 1.807) is 0 Å². The van der Waals surface area contributed by atoms with Crippen LogP contribution in [-0.4, -0.2) is 0 Å². The van der Waals surface area contributed by atoms with Gasteiger partial charge in [0.05, 0.1) is 0 Å². The summed E-state index contributed by atoms with van der Waals surface area (Å²) < 4.78 is 0. The average Bonchev–Trinajstić information content (AvgIpc) is 2.16. The van der Waals surface area contributed by atoms with E-state index in [4.69, 9.17) is 0 Å². The Labute approximate surface area is 88.4 Å². The molecule has 0 aliphatic heterocycles. The molecule has 0 saturated heterocycles. The zero-order valence-corrected chi connectivity index (χ0v) is 9.64. The molecule has 0 aromatic heterocycles. The molecule has 77 valence electrons. The monoisotopic (exact) mass is 189 g/mol. The Morgan fingerprint density at radius 2 is 1.71 bits per heavy atom. The molecule has 0 unspecified atom stereocenters. The van der Waals surface area contributed by atoms with E-state index in [-0.39, 0.29) is 0 Å². The van der Waals surface area contributed by atoms with Crippen molar-refractivity contribution in [2.45, 2.75) is 46.5 Å². The Hall–Kier alpha value is -0.780. The van der Waals surface area contributed by atoms with Gasteiger partial charge in [0.1, 0.15) is 0 Å². The van der Waals surface area contributed by atoms with E-state index in [9.17, 15) is 0 Å². The van der Waals surface area contributed by atoms with E-state index in [1.165, 1.54) is 42.4 Å². The number of rotatable bonds is 5. The minimum atomic E-state index is 1.22. The van der Waals surface area contributed by atoms with Gasteiger partial charge >= 0.3 is 0 Å². The molecule has 0 aliphatic carbocycles. The Bertz CT molecular complexity index is 253. The summed E-state index contributed by atoms with van der Waals surface area (Å²) in [7, 11) is 0. The van der Waals surface area contributed by atoms with E-state index in [1.807, 2.05) is 0 Å². The van der Waals surface area contributed by atoms with E-state index in [0.717, 1.165) is 0 Å². The maximum Gasteiger partial charge on any atom is -0.00876 e. The fourth-order valence-electron chi connectivity index (χ4n) is 1.79. The van der Waals surface area contributed by atoms with Crippen LogP contribution in [0, 0.1) is 20.3 Å². The first kappa shape index (κ1) is 11.3. The number of hydrogen-bond acceptors (Lipinski definition) is 0. The van der Waals surface area contributed by atoms with Gasteiger partial charge in [-0.1, -0.05) is 44.4 Å². The molecule has 1 radical (unpaired) electrons. The lowest BCUT2D eigenvalue weighted by Crippen LogP contribution is -1.91. The van der Waals surface area contributed by atoms with Crippen LogP contribution in [0.5, 0.6) is 0 Å². The van der Waals surface area contributed by atoms with Crippen molar-refractivity contribution in [1.82, 2.24) is 0 Å². The molecule has 1 aromatic carbocycles. The van der Waals surface area contributed by atoms with Gasteiger partial charge in [-0.15, -0.1) is 0 Å². The molecular weight excluding hydrogens is 168 g/mol. The number of unbranched alkanes of at least 4 members (excludes halogenated alkanes) is 3. The van der Waals surface area contributed by atoms with Crippen LogP contribution >= 0.6 is 0 Å². The fourth-order valence-corrected chi connectivity index (χ4v) is 1.79. The Morgan fingerprint density at radius 3 is 2.29 bits per heavy atom. The van der Waals surface area contributed by atoms with Crippen LogP contribution in [0.4, 0.5) is 0 Å². The first-order valence-electron chi connectivity index (χ1n) is 5.65. The van der Waals surface area contributed by atoms with Gasteiger partial charge in [-0.3, -0.25) is 0 Å². The molecular formula is C14H21. The van der Waals surface area contributed by atoms with E-state index < -0.39 is 0 Å². The minimum absolute atomic E-state index is 1.22. The highest BCUT2D eigenvalue weighted by atomic mass is 14.1. The summed E-state index contributed by atoms with van der Waals surface area (Å²) >= 11 is 0. The summed E-state index contributed by atoms with van der Waals surface area (Å²) in [4.78, 5) is 0. The Balaban J connectivity index is 2.49. The van der Waals surface area contributed by atoms with Gasteiger partial charge < -0.3 is 0 Å². The molecule has 0 heteroatoms. The van der Waals surface area contributed by atoms with Crippen LogP contribution < -0.4 is 0 Å². The van der Waals surface area contributed by atoms with Gasteiger partial charge in [0.2, 0.25) is 0 Å². The van der Waals surface area contributed by atoms with Crippen LogP contribution in [0.3, 0.4) is 0 Å². The number of hydrogen-bond donors (Lipinski definition) is 0. The van der Waals surface area contributed by atoms with Crippen molar-refractivity contribution in [3.05, 3.63) is 41.3 Å². The van der Waals surface area contributed by atoms with Gasteiger partial charge in [0, 0.05) is 0 Å². The molecule has 0 saturated carbocycles. The lowest BCUT2D eigenvalue weighted by Gasteiger charge is -2.08. The summed E-state index contributed by atoms with van der Waals surface area (Å²) in [6.07, 6.45) is 7.59. The summed E-state index contributed by atoms with van der Waals surface area (Å²) in [5, 5.41) is 0. The third-order valence-corrected chi connectivity index (χ3v) is 2.70.